The largest absolute Gasteiger partial charge is 0.399 e. The van der Waals surface area contributed by atoms with Crippen LogP contribution in [0.4, 0.5) is 5.69 Å². The average molecular weight is 271 g/mol. The van der Waals surface area contributed by atoms with E-state index >= 15 is 0 Å². The van der Waals surface area contributed by atoms with Crippen LogP contribution >= 0.6 is 11.6 Å². The Bertz CT molecular complexity index is 410. The fraction of sp³-hybridized carbons (Fsp3) is 0.462. The van der Waals surface area contributed by atoms with E-state index in [-0.39, 0.29) is 18.4 Å². The number of nitrogens with two attached hydrogens (primary N) is 1. The number of nitrogens with one attached hydrogen (secondary N) is 1. The van der Waals surface area contributed by atoms with E-state index in [0.717, 1.165) is 12.8 Å². The fourth-order valence-corrected chi connectivity index (χ4v) is 1.76. The van der Waals surface area contributed by atoms with E-state index in [4.69, 9.17) is 22.4 Å². The molecular weight excluding hydrogens is 252 g/mol. The summed E-state index contributed by atoms with van der Waals surface area (Å²) >= 11 is 5.93. The Balaban J connectivity index is 2.43. The lowest BCUT2D eigenvalue weighted by Crippen LogP contribution is -2.25. The van der Waals surface area contributed by atoms with E-state index in [1.807, 2.05) is 6.92 Å². The minimum atomic E-state index is -0.219. The van der Waals surface area contributed by atoms with Gasteiger partial charge >= 0.3 is 0 Å². The number of halogens is 1. The number of hydrogen-bond acceptors (Lipinski definition) is 3. The van der Waals surface area contributed by atoms with Crippen molar-refractivity contribution in [1.29, 1.82) is 0 Å². The zero-order valence-electron chi connectivity index (χ0n) is 10.4. The summed E-state index contributed by atoms with van der Waals surface area (Å²) in [4.78, 5) is 11.8. The molecule has 0 aromatic heterocycles. The van der Waals surface area contributed by atoms with E-state index < -0.39 is 0 Å². The van der Waals surface area contributed by atoms with Gasteiger partial charge in [0.25, 0.3) is 5.91 Å². The lowest BCUT2D eigenvalue weighted by molar-refractivity contribution is 0.0952. The summed E-state index contributed by atoms with van der Waals surface area (Å²) in [6, 6.07) is 4.83. The Kier molecular flexibility index (Phi) is 5.95. The molecule has 1 aromatic carbocycles. The number of anilines is 1. The van der Waals surface area contributed by atoms with Crippen molar-refractivity contribution < 1.29 is 9.90 Å². The maximum Gasteiger partial charge on any atom is 0.252 e. The predicted molar refractivity (Wildman–Crippen MR) is 73.7 cm³/mol. The average Bonchev–Trinajstić information content (AvgIpc) is 2.36. The number of carbonyl (C=O) groups is 1. The van der Waals surface area contributed by atoms with Crippen LogP contribution in [0.15, 0.2) is 18.2 Å². The van der Waals surface area contributed by atoms with Crippen molar-refractivity contribution in [1.82, 2.24) is 5.32 Å². The molecule has 5 heteroatoms. The lowest BCUT2D eigenvalue weighted by Gasteiger charge is -2.09. The molecule has 100 valence electrons. The first-order valence-electron chi connectivity index (χ1n) is 5.98. The molecule has 18 heavy (non-hydrogen) atoms. The first-order chi connectivity index (χ1) is 8.54. The third-order valence-corrected chi connectivity index (χ3v) is 3.04. The van der Waals surface area contributed by atoms with E-state index in [9.17, 15) is 4.79 Å². The third kappa shape index (κ3) is 4.55. The summed E-state index contributed by atoms with van der Waals surface area (Å²) < 4.78 is 0. The van der Waals surface area contributed by atoms with Crippen LogP contribution in [0.5, 0.6) is 0 Å². The maximum absolute atomic E-state index is 11.8. The second kappa shape index (κ2) is 7.24. The molecule has 1 amide bonds. The fourth-order valence-electron chi connectivity index (χ4n) is 1.56. The molecule has 0 saturated carbocycles. The Morgan fingerprint density at radius 2 is 2.28 bits per heavy atom. The van der Waals surface area contributed by atoms with Crippen molar-refractivity contribution in [3.63, 3.8) is 0 Å². The molecule has 0 aliphatic rings. The first kappa shape index (κ1) is 14.8. The van der Waals surface area contributed by atoms with Gasteiger partial charge in [0.15, 0.2) is 0 Å². The number of benzene rings is 1. The molecule has 0 saturated heterocycles. The van der Waals surface area contributed by atoms with E-state index in [1.165, 1.54) is 0 Å². The van der Waals surface area contributed by atoms with Crippen molar-refractivity contribution in [3.8, 4) is 0 Å². The second-order valence-electron chi connectivity index (χ2n) is 4.43. The predicted octanol–water partition coefficient (Wildman–Crippen LogP) is 2.06. The number of amides is 1. The molecule has 1 atom stereocenters. The van der Waals surface area contributed by atoms with Gasteiger partial charge in [-0.25, -0.2) is 0 Å². The van der Waals surface area contributed by atoms with Gasteiger partial charge in [-0.15, -0.1) is 0 Å². The molecular formula is C13H19ClN2O2. The van der Waals surface area contributed by atoms with Gasteiger partial charge < -0.3 is 16.2 Å². The third-order valence-electron chi connectivity index (χ3n) is 2.71. The highest BCUT2D eigenvalue weighted by atomic mass is 35.5. The number of hydrogen-bond donors (Lipinski definition) is 3. The molecule has 0 spiro atoms. The van der Waals surface area contributed by atoms with Crippen LogP contribution in [0.3, 0.4) is 0 Å². The number of aliphatic hydroxyl groups excluding tert-OH is 1. The first-order valence-corrected chi connectivity index (χ1v) is 6.36. The van der Waals surface area contributed by atoms with Crippen molar-refractivity contribution in [3.05, 3.63) is 28.8 Å². The van der Waals surface area contributed by atoms with Crippen molar-refractivity contribution in [2.24, 2.45) is 5.92 Å². The van der Waals surface area contributed by atoms with Gasteiger partial charge in [0.05, 0.1) is 10.6 Å². The maximum atomic E-state index is 11.8. The minimum absolute atomic E-state index is 0.176. The topological polar surface area (TPSA) is 75.3 Å². The Morgan fingerprint density at radius 3 is 2.94 bits per heavy atom. The molecule has 4 nitrogen and oxygen atoms in total. The smallest absolute Gasteiger partial charge is 0.252 e. The highest BCUT2D eigenvalue weighted by Crippen LogP contribution is 2.18. The molecule has 1 unspecified atom stereocenters. The van der Waals surface area contributed by atoms with Gasteiger partial charge in [0.2, 0.25) is 0 Å². The number of nitrogen functional groups attached to an aromatic ring is 1. The van der Waals surface area contributed by atoms with E-state index in [1.54, 1.807) is 18.2 Å². The van der Waals surface area contributed by atoms with Crippen LogP contribution < -0.4 is 11.1 Å². The van der Waals surface area contributed by atoms with Gasteiger partial charge in [0.1, 0.15) is 0 Å². The molecule has 0 aliphatic heterocycles. The summed E-state index contributed by atoms with van der Waals surface area (Å²) in [6.45, 7) is 2.71. The number of carbonyl (C=O) groups excluding carboxylic acids is 1. The molecule has 0 bridgehead atoms. The number of aliphatic hydroxyl groups is 1. The summed E-state index contributed by atoms with van der Waals surface area (Å²) in [5.41, 5.74) is 6.52. The molecule has 4 N–H and O–H groups in total. The normalized spacial score (nSPS) is 12.2. The van der Waals surface area contributed by atoms with Crippen LogP contribution in [-0.2, 0) is 0 Å². The Hall–Kier alpha value is -1.26. The van der Waals surface area contributed by atoms with Crippen LogP contribution in [0, 0.1) is 5.92 Å². The van der Waals surface area contributed by atoms with Crippen LogP contribution in [0.1, 0.15) is 30.1 Å². The van der Waals surface area contributed by atoms with Crippen LogP contribution in [0.2, 0.25) is 5.02 Å². The van der Waals surface area contributed by atoms with Crippen molar-refractivity contribution >= 4 is 23.2 Å². The highest BCUT2D eigenvalue weighted by Gasteiger charge is 2.10. The monoisotopic (exact) mass is 270 g/mol. The molecule has 0 aliphatic carbocycles. The summed E-state index contributed by atoms with van der Waals surface area (Å²) in [5, 5.41) is 12.0. The standard InChI is InChI=1S/C13H19ClN2O2/c1-9(8-17)3-2-6-16-13(18)11-7-10(15)4-5-12(11)14/h4-5,7,9,17H,2-3,6,8,15H2,1H3,(H,16,18). The quantitative estimate of drug-likeness (QED) is 0.547. The lowest BCUT2D eigenvalue weighted by atomic mass is 10.1. The van der Waals surface area contributed by atoms with E-state index in [2.05, 4.69) is 5.32 Å². The molecule has 1 rings (SSSR count). The van der Waals surface area contributed by atoms with Gasteiger partial charge in [-0.1, -0.05) is 18.5 Å². The van der Waals surface area contributed by atoms with Crippen LogP contribution in [0.25, 0.3) is 0 Å². The highest BCUT2D eigenvalue weighted by molar-refractivity contribution is 6.34. The summed E-state index contributed by atoms with van der Waals surface area (Å²) in [5.74, 6) is 0.0433. The summed E-state index contributed by atoms with van der Waals surface area (Å²) in [6.07, 6.45) is 1.70. The van der Waals surface area contributed by atoms with Crippen molar-refractivity contribution in [2.75, 3.05) is 18.9 Å². The second-order valence-corrected chi connectivity index (χ2v) is 4.83. The van der Waals surface area contributed by atoms with Gasteiger partial charge in [-0.3, -0.25) is 4.79 Å². The molecule has 0 heterocycles. The molecule has 0 fully saturated rings. The number of rotatable bonds is 6. The van der Waals surface area contributed by atoms with E-state index in [0.29, 0.717) is 22.8 Å². The zero-order valence-corrected chi connectivity index (χ0v) is 11.2. The SMILES string of the molecule is CC(CO)CCCNC(=O)c1cc(N)ccc1Cl. The van der Waals surface area contributed by atoms with Gasteiger partial charge in [-0.2, -0.15) is 0 Å². The zero-order chi connectivity index (χ0) is 13.5. The summed E-state index contributed by atoms with van der Waals surface area (Å²) in [7, 11) is 0. The Labute approximate surface area is 112 Å². The molecule has 0 radical (unpaired) electrons. The van der Waals surface area contributed by atoms with Crippen molar-refractivity contribution in [2.45, 2.75) is 19.8 Å². The minimum Gasteiger partial charge on any atom is -0.399 e. The van der Waals surface area contributed by atoms with Gasteiger partial charge in [-0.05, 0) is 37.0 Å². The van der Waals surface area contributed by atoms with Gasteiger partial charge in [0, 0.05) is 18.8 Å². The van der Waals surface area contributed by atoms with Crippen LogP contribution in [-0.4, -0.2) is 24.2 Å². The Morgan fingerprint density at radius 1 is 1.56 bits per heavy atom. The molecule has 1 aromatic rings.